The maximum Gasteiger partial charge on any atom is 0.142 e. The largest absolute Gasteiger partial charge is 0.393 e. The van der Waals surface area contributed by atoms with Gasteiger partial charge in [0.25, 0.3) is 0 Å². The second-order valence-electron chi connectivity index (χ2n) is 9.09. The molecule has 0 amide bonds. The molecular weight excluding hydrogens is 304 g/mol. The van der Waals surface area contributed by atoms with Gasteiger partial charge in [-0.05, 0) is 68.1 Å². The maximum absolute atomic E-state index is 12.9. The molecule has 0 aromatic rings. The lowest BCUT2D eigenvalue weighted by Gasteiger charge is -2.56. The SMILES string of the molecule is C[C@]12CC[C@H](O)CC1=CCC1C2CC[C@]2(C)C(=O)C(CS)CC12. The molecule has 4 aliphatic rings. The van der Waals surface area contributed by atoms with Crippen molar-refractivity contribution in [3.63, 3.8) is 0 Å². The summed E-state index contributed by atoms with van der Waals surface area (Å²) in [7, 11) is 0. The standard InChI is InChI=1S/C20H30O2S/c1-19-7-5-14(21)10-13(19)3-4-15-16(19)6-8-20(2)17(15)9-12(11-23)18(20)22/h3,12,14-17,21,23H,4-11H2,1-2H3/t12?,14-,15?,16?,17?,19-,20-/m0/s1. The Balaban J connectivity index is 1.68. The van der Waals surface area contributed by atoms with Crippen molar-refractivity contribution in [1.29, 1.82) is 0 Å². The van der Waals surface area contributed by atoms with E-state index in [1.807, 2.05) is 0 Å². The molecule has 128 valence electrons. The topological polar surface area (TPSA) is 37.3 Å². The van der Waals surface area contributed by atoms with Gasteiger partial charge in [-0.1, -0.05) is 25.5 Å². The lowest BCUT2D eigenvalue weighted by Crippen LogP contribution is -2.50. The number of carbonyl (C=O) groups is 1. The van der Waals surface area contributed by atoms with Crippen molar-refractivity contribution in [2.24, 2.45) is 34.5 Å². The normalized spacial score (nSPS) is 52.4. The van der Waals surface area contributed by atoms with Crippen molar-refractivity contribution in [2.75, 3.05) is 5.75 Å². The van der Waals surface area contributed by atoms with Crippen LogP contribution < -0.4 is 0 Å². The summed E-state index contributed by atoms with van der Waals surface area (Å²) in [6.45, 7) is 4.68. The Morgan fingerprint density at radius 1 is 1.22 bits per heavy atom. The van der Waals surface area contributed by atoms with Gasteiger partial charge in [0.05, 0.1) is 6.10 Å². The molecule has 0 saturated heterocycles. The van der Waals surface area contributed by atoms with Gasteiger partial charge in [0, 0.05) is 17.1 Å². The summed E-state index contributed by atoms with van der Waals surface area (Å²) >= 11 is 4.45. The number of aliphatic hydroxyl groups excluding tert-OH is 1. The molecule has 4 rings (SSSR count). The van der Waals surface area contributed by atoms with Crippen LogP contribution >= 0.6 is 12.6 Å². The van der Waals surface area contributed by atoms with Crippen LogP contribution in [0.4, 0.5) is 0 Å². The van der Waals surface area contributed by atoms with Crippen molar-refractivity contribution in [3.05, 3.63) is 11.6 Å². The van der Waals surface area contributed by atoms with Gasteiger partial charge in [0.15, 0.2) is 0 Å². The van der Waals surface area contributed by atoms with E-state index in [1.54, 1.807) is 0 Å². The molecule has 0 aromatic carbocycles. The van der Waals surface area contributed by atoms with E-state index in [0.717, 1.165) is 38.5 Å². The number of aliphatic hydroxyl groups is 1. The Kier molecular flexibility index (Phi) is 3.77. The Morgan fingerprint density at radius 3 is 2.70 bits per heavy atom. The number of carbonyl (C=O) groups excluding carboxylic acids is 1. The van der Waals surface area contributed by atoms with E-state index in [9.17, 15) is 9.90 Å². The van der Waals surface area contributed by atoms with Crippen molar-refractivity contribution in [1.82, 2.24) is 0 Å². The van der Waals surface area contributed by atoms with Gasteiger partial charge in [-0.3, -0.25) is 4.79 Å². The van der Waals surface area contributed by atoms with Gasteiger partial charge in [-0.25, -0.2) is 0 Å². The highest BCUT2D eigenvalue weighted by molar-refractivity contribution is 7.80. The molecular formula is C20H30O2S. The summed E-state index contributed by atoms with van der Waals surface area (Å²) in [6, 6.07) is 0. The monoisotopic (exact) mass is 334 g/mol. The predicted molar refractivity (Wildman–Crippen MR) is 95.4 cm³/mol. The van der Waals surface area contributed by atoms with Crippen molar-refractivity contribution in [3.8, 4) is 0 Å². The van der Waals surface area contributed by atoms with Crippen LogP contribution in [0.25, 0.3) is 0 Å². The van der Waals surface area contributed by atoms with E-state index in [-0.39, 0.29) is 22.9 Å². The molecule has 3 saturated carbocycles. The third kappa shape index (κ3) is 2.15. The minimum absolute atomic E-state index is 0.0928. The summed E-state index contributed by atoms with van der Waals surface area (Å²) in [5, 5.41) is 10.1. The molecule has 0 spiro atoms. The average Bonchev–Trinajstić information content (AvgIpc) is 2.79. The van der Waals surface area contributed by atoms with Gasteiger partial charge in [0.1, 0.15) is 5.78 Å². The van der Waals surface area contributed by atoms with E-state index < -0.39 is 0 Å². The second kappa shape index (κ2) is 5.36. The first-order valence-electron chi connectivity index (χ1n) is 9.43. The first-order valence-corrected chi connectivity index (χ1v) is 10.1. The van der Waals surface area contributed by atoms with Gasteiger partial charge in [-0.15, -0.1) is 0 Å². The number of Topliss-reactive ketones (excluding diaryl/α,β-unsaturated/α-hetero) is 1. The highest BCUT2D eigenvalue weighted by Crippen LogP contribution is 2.64. The van der Waals surface area contributed by atoms with Crippen LogP contribution in [0.2, 0.25) is 0 Å². The van der Waals surface area contributed by atoms with Gasteiger partial charge < -0.3 is 5.11 Å². The zero-order valence-corrected chi connectivity index (χ0v) is 15.3. The van der Waals surface area contributed by atoms with Crippen molar-refractivity contribution < 1.29 is 9.90 Å². The maximum atomic E-state index is 12.9. The van der Waals surface area contributed by atoms with Crippen LogP contribution in [-0.2, 0) is 4.79 Å². The molecule has 0 heterocycles. The fourth-order valence-corrected chi connectivity index (χ4v) is 7.05. The third-order valence-electron chi connectivity index (χ3n) is 8.16. The summed E-state index contributed by atoms with van der Waals surface area (Å²) in [5.41, 5.74) is 1.69. The Labute approximate surface area is 145 Å². The molecule has 4 aliphatic carbocycles. The molecule has 3 heteroatoms. The molecule has 0 bridgehead atoms. The lowest BCUT2D eigenvalue weighted by molar-refractivity contribution is -0.133. The Morgan fingerprint density at radius 2 is 1.96 bits per heavy atom. The van der Waals surface area contributed by atoms with E-state index in [4.69, 9.17) is 0 Å². The summed E-state index contributed by atoms with van der Waals surface area (Å²) < 4.78 is 0. The highest BCUT2D eigenvalue weighted by atomic mass is 32.1. The van der Waals surface area contributed by atoms with E-state index in [0.29, 0.717) is 29.3 Å². The number of hydrogen-bond donors (Lipinski definition) is 2. The number of allylic oxidation sites excluding steroid dienone is 1. The van der Waals surface area contributed by atoms with Gasteiger partial charge >= 0.3 is 0 Å². The number of hydrogen-bond acceptors (Lipinski definition) is 3. The molecule has 0 aromatic heterocycles. The third-order valence-corrected chi connectivity index (χ3v) is 8.60. The molecule has 1 N–H and O–H groups in total. The molecule has 3 fully saturated rings. The van der Waals surface area contributed by atoms with E-state index in [1.165, 1.54) is 12.0 Å². The molecule has 7 atom stereocenters. The molecule has 23 heavy (non-hydrogen) atoms. The van der Waals surface area contributed by atoms with Gasteiger partial charge in [0.2, 0.25) is 0 Å². The minimum atomic E-state index is -0.138. The molecule has 2 nitrogen and oxygen atoms in total. The zero-order chi connectivity index (χ0) is 16.4. The number of rotatable bonds is 1. The van der Waals surface area contributed by atoms with E-state index >= 15 is 0 Å². The smallest absolute Gasteiger partial charge is 0.142 e. The summed E-state index contributed by atoms with van der Waals surface area (Å²) in [4.78, 5) is 12.9. The minimum Gasteiger partial charge on any atom is -0.393 e. The summed E-state index contributed by atoms with van der Waals surface area (Å²) in [5.74, 6) is 3.30. The van der Waals surface area contributed by atoms with Crippen molar-refractivity contribution in [2.45, 2.75) is 64.9 Å². The number of thiol groups is 1. The number of fused-ring (bicyclic) bond motifs is 5. The first-order chi connectivity index (χ1) is 10.9. The quantitative estimate of drug-likeness (QED) is 0.561. The van der Waals surface area contributed by atoms with Crippen LogP contribution in [0, 0.1) is 34.5 Å². The average molecular weight is 335 g/mol. The fraction of sp³-hybridized carbons (Fsp3) is 0.850. The molecule has 0 aliphatic heterocycles. The lowest BCUT2D eigenvalue weighted by atomic mass is 9.48. The summed E-state index contributed by atoms with van der Waals surface area (Å²) in [6.07, 6.45) is 9.66. The predicted octanol–water partition coefficient (Wildman–Crippen LogP) is 4.04. The number of ketones is 1. The van der Waals surface area contributed by atoms with Crippen LogP contribution in [0.1, 0.15) is 58.8 Å². The second-order valence-corrected chi connectivity index (χ2v) is 9.46. The zero-order valence-electron chi connectivity index (χ0n) is 14.4. The Bertz CT molecular complexity index is 556. The van der Waals surface area contributed by atoms with Crippen LogP contribution in [0.15, 0.2) is 11.6 Å². The highest BCUT2D eigenvalue weighted by Gasteiger charge is 2.60. The van der Waals surface area contributed by atoms with Crippen LogP contribution in [0.3, 0.4) is 0 Å². The fourth-order valence-electron chi connectivity index (χ4n) is 6.74. The van der Waals surface area contributed by atoms with Crippen LogP contribution in [-0.4, -0.2) is 22.7 Å². The molecule has 4 unspecified atom stereocenters. The molecule has 0 radical (unpaired) electrons. The van der Waals surface area contributed by atoms with Crippen molar-refractivity contribution >= 4 is 18.4 Å². The Hall–Kier alpha value is -0.280. The van der Waals surface area contributed by atoms with Gasteiger partial charge in [-0.2, -0.15) is 12.6 Å². The first kappa shape index (κ1) is 16.2. The van der Waals surface area contributed by atoms with E-state index in [2.05, 4.69) is 32.6 Å². The van der Waals surface area contributed by atoms with Crippen LogP contribution in [0.5, 0.6) is 0 Å².